The van der Waals surface area contributed by atoms with Crippen LogP contribution in [0.3, 0.4) is 0 Å². The predicted molar refractivity (Wildman–Crippen MR) is 127 cm³/mol. The molecule has 0 saturated heterocycles. The summed E-state index contributed by atoms with van der Waals surface area (Å²) < 4.78 is 8.06. The van der Waals surface area contributed by atoms with E-state index in [0.29, 0.717) is 5.82 Å². The quantitative estimate of drug-likeness (QED) is 0.366. The van der Waals surface area contributed by atoms with Gasteiger partial charge >= 0.3 is 0 Å². The molecule has 6 rings (SSSR count). The van der Waals surface area contributed by atoms with E-state index < -0.39 is 0 Å². The summed E-state index contributed by atoms with van der Waals surface area (Å²) in [7, 11) is 0. The number of rotatable bonds is 5. The second-order valence-corrected chi connectivity index (χ2v) is 8.50. The average molecular weight is 441 g/mol. The van der Waals surface area contributed by atoms with Crippen molar-refractivity contribution in [1.82, 2.24) is 24.6 Å². The summed E-state index contributed by atoms with van der Waals surface area (Å²) in [5.41, 5.74) is 4.45. The fraction of sp³-hybridized carbons (Fsp3) is 0.240. The summed E-state index contributed by atoms with van der Waals surface area (Å²) in [6, 6.07) is 14.0. The Hall–Kier alpha value is -3.91. The van der Waals surface area contributed by atoms with Gasteiger partial charge in [0.25, 0.3) is 0 Å². The number of fused-ring (bicyclic) bond motifs is 2. The van der Waals surface area contributed by atoms with Gasteiger partial charge in [-0.2, -0.15) is 5.10 Å². The van der Waals surface area contributed by atoms with Crippen LogP contribution in [0.15, 0.2) is 67.3 Å². The van der Waals surface area contributed by atoms with Crippen LogP contribution in [0.4, 0.5) is 11.5 Å². The fourth-order valence-corrected chi connectivity index (χ4v) is 4.36. The third kappa shape index (κ3) is 4.01. The number of aromatic amines is 1. The van der Waals surface area contributed by atoms with Gasteiger partial charge in [0.15, 0.2) is 11.5 Å². The van der Waals surface area contributed by atoms with Crippen molar-refractivity contribution in [2.24, 2.45) is 0 Å². The van der Waals surface area contributed by atoms with E-state index in [9.17, 15) is 5.11 Å². The van der Waals surface area contributed by atoms with Gasteiger partial charge in [0, 0.05) is 35.2 Å². The molecule has 0 unspecified atom stereocenters. The molecule has 8 nitrogen and oxygen atoms in total. The van der Waals surface area contributed by atoms with Crippen LogP contribution in [0.25, 0.3) is 27.8 Å². The molecular formula is C25H24N6O2. The van der Waals surface area contributed by atoms with Gasteiger partial charge in [-0.25, -0.2) is 9.97 Å². The second kappa shape index (κ2) is 8.22. The average Bonchev–Trinajstić information content (AvgIpc) is 3.51. The molecular weight excluding hydrogens is 416 g/mol. The highest BCUT2D eigenvalue weighted by atomic mass is 16.5. The van der Waals surface area contributed by atoms with Crippen LogP contribution < -0.4 is 10.1 Å². The number of H-pyrrole nitrogens is 1. The molecule has 3 heterocycles. The number of nitrogens with one attached hydrogen (secondary N) is 2. The van der Waals surface area contributed by atoms with Gasteiger partial charge in [-0.05, 0) is 56.0 Å². The first-order valence-corrected chi connectivity index (χ1v) is 11.2. The number of hydrogen-bond acceptors (Lipinski definition) is 6. The first kappa shape index (κ1) is 19.8. The summed E-state index contributed by atoms with van der Waals surface area (Å²) in [5, 5.41) is 21.3. The number of benzene rings is 2. The lowest BCUT2D eigenvalue weighted by Crippen LogP contribution is -2.26. The summed E-state index contributed by atoms with van der Waals surface area (Å²) in [6.45, 7) is 0. The van der Waals surface area contributed by atoms with E-state index in [1.54, 1.807) is 6.20 Å². The highest BCUT2D eigenvalue weighted by Crippen LogP contribution is 2.28. The van der Waals surface area contributed by atoms with Crippen molar-refractivity contribution in [3.8, 4) is 17.0 Å². The predicted octanol–water partition coefficient (Wildman–Crippen LogP) is 4.70. The van der Waals surface area contributed by atoms with Crippen LogP contribution in [0.5, 0.6) is 5.75 Å². The zero-order chi connectivity index (χ0) is 22.2. The summed E-state index contributed by atoms with van der Waals surface area (Å²) in [4.78, 5) is 9.34. The molecule has 0 aliphatic heterocycles. The van der Waals surface area contributed by atoms with Crippen molar-refractivity contribution >= 4 is 28.1 Å². The van der Waals surface area contributed by atoms with E-state index in [0.717, 1.165) is 64.9 Å². The van der Waals surface area contributed by atoms with Crippen LogP contribution in [0, 0.1) is 0 Å². The lowest BCUT2D eigenvalue weighted by Gasteiger charge is -2.26. The topological polar surface area (TPSA) is 100 Å². The smallest absolute Gasteiger partial charge is 0.180 e. The molecule has 166 valence electrons. The molecule has 5 aromatic rings. The number of aliphatic hydroxyl groups is 1. The number of imidazole rings is 1. The lowest BCUT2D eigenvalue weighted by molar-refractivity contribution is 0.0666. The monoisotopic (exact) mass is 440 g/mol. The third-order valence-electron chi connectivity index (χ3n) is 6.18. The Kier molecular flexibility index (Phi) is 4.92. The van der Waals surface area contributed by atoms with Gasteiger partial charge in [0.05, 0.1) is 29.6 Å². The maximum atomic E-state index is 9.68. The standard InChI is InChI=1S/C25H24N6O2/c32-19-5-9-21(10-6-19)33-20-7-3-18(4-8-20)28-24-25-26-11-12-31(25)15-23(29-24)16-1-2-17-14-27-30-22(17)13-16/h1-4,7-8,11-15,19,21,32H,5-6,9-10H2,(H,27,30)(H,28,29). The first-order valence-electron chi connectivity index (χ1n) is 11.2. The van der Waals surface area contributed by atoms with E-state index in [1.807, 2.05) is 65.5 Å². The molecule has 3 aromatic heterocycles. The molecule has 1 saturated carbocycles. The van der Waals surface area contributed by atoms with Crippen molar-refractivity contribution in [3.05, 3.63) is 67.3 Å². The van der Waals surface area contributed by atoms with E-state index in [-0.39, 0.29) is 12.2 Å². The number of anilines is 2. The summed E-state index contributed by atoms with van der Waals surface area (Å²) >= 11 is 0. The Labute approximate surface area is 190 Å². The normalized spacial score (nSPS) is 18.6. The largest absolute Gasteiger partial charge is 0.490 e. The summed E-state index contributed by atoms with van der Waals surface area (Å²) in [5.74, 6) is 1.51. The molecule has 0 amide bonds. The SMILES string of the molecule is OC1CCC(Oc2ccc(Nc3nc(-c4ccc5cn[nH]c5c4)cn4ccnc34)cc2)CC1. The summed E-state index contributed by atoms with van der Waals surface area (Å²) in [6.07, 6.45) is 10.8. The van der Waals surface area contributed by atoms with Crippen LogP contribution in [-0.4, -0.2) is 41.9 Å². The van der Waals surface area contributed by atoms with E-state index in [4.69, 9.17) is 9.72 Å². The number of aliphatic hydroxyl groups excluding tert-OH is 1. The van der Waals surface area contributed by atoms with Crippen molar-refractivity contribution in [2.45, 2.75) is 37.9 Å². The van der Waals surface area contributed by atoms with Crippen molar-refractivity contribution in [3.63, 3.8) is 0 Å². The van der Waals surface area contributed by atoms with E-state index in [1.165, 1.54) is 0 Å². The van der Waals surface area contributed by atoms with Gasteiger partial charge in [-0.3, -0.25) is 5.10 Å². The van der Waals surface area contributed by atoms with Crippen molar-refractivity contribution < 1.29 is 9.84 Å². The molecule has 1 fully saturated rings. The maximum absolute atomic E-state index is 9.68. The molecule has 1 aliphatic rings. The van der Waals surface area contributed by atoms with Gasteiger partial charge in [0.1, 0.15) is 5.75 Å². The van der Waals surface area contributed by atoms with Crippen molar-refractivity contribution in [2.75, 3.05) is 5.32 Å². The number of hydrogen-bond donors (Lipinski definition) is 3. The molecule has 33 heavy (non-hydrogen) atoms. The number of aromatic nitrogens is 5. The molecule has 0 atom stereocenters. The molecule has 0 spiro atoms. The molecule has 8 heteroatoms. The Morgan fingerprint density at radius 2 is 1.91 bits per heavy atom. The lowest BCUT2D eigenvalue weighted by atomic mass is 9.95. The molecule has 2 aromatic carbocycles. The second-order valence-electron chi connectivity index (χ2n) is 8.50. The Morgan fingerprint density at radius 3 is 2.76 bits per heavy atom. The van der Waals surface area contributed by atoms with Gasteiger partial charge in [-0.1, -0.05) is 12.1 Å². The zero-order valence-corrected chi connectivity index (χ0v) is 18.0. The van der Waals surface area contributed by atoms with Gasteiger partial charge in [-0.15, -0.1) is 0 Å². The minimum absolute atomic E-state index is 0.169. The zero-order valence-electron chi connectivity index (χ0n) is 18.0. The molecule has 0 bridgehead atoms. The van der Waals surface area contributed by atoms with Crippen LogP contribution >= 0.6 is 0 Å². The molecule has 1 aliphatic carbocycles. The molecule has 0 radical (unpaired) electrons. The van der Waals surface area contributed by atoms with Gasteiger partial charge < -0.3 is 19.6 Å². The third-order valence-corrected chi connectivity index (χ3v) is 6.18. The number of ether oxygens (including phenoxy) is 1. The fourth-order valence-electron chi connectivity index (χ4n) is 4.36. The van der Waals surface area contributed by atoms with Crippen molar-refractivity contribution in [1.29, 1.82) is 0 Å². The maximum Gasteiger partial charge on any atom is 0.180 e. The highest BCUT2D eigenvalue weighted by Gasteiger charge is 2.20. The van der Waals surface area contributed by atoms with E-state index >= 15 is 0 Å². The minimum atomic E-state index is -0.180. The van der Waals surface area contributed by atoms with E-state index in [2.05, 4.69) is 20.5 Å². The van der Waals surface area contributed by atoms with Gasteiger partial charge in [0.2, 0.25) is 0 Å². The highest BCUT2D eigenvalue weighted by molar-refractivity contribution is 5.84. The molecule has 3 N–H and O–H groups in total. The number of nitrogens with zero attached hydrogens (tertiary/aromatic N) is 4. The van der Waals surface area contributed by atoms with Crippen LogP contribution in [0.1, 0.15) is 25.7 Å². The first-order chi connectivity index (χ1) is 16.2. The Bertz CT molecular complexity index is 1400. The Morgan fingerprint density at radius 1 is 1.06 bits per heavy atom. The van der Waals surface area contributed by atoms with Crippen LogP contribution in [0.2, 0.25) is 0 Å². The Balaban J connectivity index is 1.25. The van der Waals surface area contributed by atoms with Crippen LogP contribution in [-0.2, 0) is 0 Å². The minimum Gasteiger partial charge on any atom is -0.490 e.